The van der Waals surface area contributed by atoms with Gasteiger partial charge in [0.05, 0.1) is 25.2 Å². The number of hydrogen-bond acceptors (Lipinski definition) is 6. The summed E-state index contributed by atoms with van der Waals surface area (Å²) < 4.78 is 16.6. The van der Waals surface area contributed by atoms with Crippen LogP contribution in [0.25, 0.3) is 10.1 Å². The van der Waals surface area contributed by atoms with Crippen LogP contribution in [0.15, 0.2) is 29.8 Å². The van der Waals surface area contributed by atoms with E-state index in [1.165, 1.54) is 24.5 Å². The lowest BCUT2D eigenvalue weighted by Crippen LogP contribution is -2.06. The van der Waals surface area contributed by atoms with Gasteiger partial charge in [-0.05, 0) is 44.4 Å². The summed E-state index contributed by atoms with van der Waals surface area (Å²) in [5, 5.41) is 0.893. The molecule has 5 nitrogen and oxygen atoms in total. The SMILES string of the molecule is COC(=O)C(C)=CC(=O)c1cc2cc(OC(C)C)c(OC)cc2s1. The lowest BCUT2D eigenvalue weighted by molar-refractivity contribution is -0.136. The molecule has 6 heteroatoms. The van der Waals surface area contributed by atoms with Gasteiger partial charge >= 0.3 is 5.97 Å². The number of carbonyl (C=O) groups is 2. The fourth-order valence-corrected chi connectivity index (χ4v) is 3.15. The maximum Gasteiger partial charge on any atom is 0.333 e. The molecule has 0 radical (unpaired) electrons. The van der Waals surface area contributed by atoms with Gasteiger partial charge in [-0.25, -0.2) is 4.79 Å². The van der Waals surface area contributed by atoms with Crippen LogP contribution in [0.3, 0.4) is 0 Å². The number of hydrogen-bond donors (Lipinski definition) is 0. The average Bonchev–Trinajstić information content (AvgIpc) is 2.95. The molecule has 0 saturated heterocycles. The first-order valence-corrected chi connectivity index (χ1v) is 8.26. The molecule has 0 fully saturated rings. The third kappa shape index (κ3) is 3.94. The Morgan fingerprint density at radius 1 is 1.12 bits per heavy atom. The standard InChI is InChI=1S/C18H20O5S/c1-10(2)23-15-7-12-8-17(24-16(12)9-14(15)21-4)13(19)6-11(3)18(20)22-5/h6-10H,1-5H3. The number of thiophene rings is 1. The quantitative estimate of drug-likeness (QED) is 0.448. The van der Waals surface area contributed by atoms with E-state index < -0.39 is 5.97 Å². The summed E-state index contributed by atoms with van der Waals surface area (Å²) in [6.45, 7) is 5.42. The number of benzene rings is 1. The lowest BCUT2D eigenvalue weighted by atomic mass is 10.2. The molecule has 0 aliphatic heterocycles. The van der Waals surface area contributed by atoms with Crippen molar-refractivity contribution in [2.45, 2.75) is 26.9 Å². The molecule has 0 amide bonds. The molecule has 0 spiro atoms. The second kappa shape index (κ2) is 7.49. The Hall–Kier alpha value is -2.34. The van der Waals surface area contributed by atoms with Crippen LogP contribution in [0.2, 0.25) is 0 Å². The minimum Gasteiger partial charge on any atom is -0.493 e. The second-order valence-electron chi connectivity index (χ2n) is 5.50. The normalized spacial score (nSPS) is 11.7. The van der Waals surface area contributed by atoms with Crippen LogP contribution in [0.4, 0.5) is 0 Å². The van der Waals surface area contributed by atoms with Crippen LogP contribution in [0.1, 0.15) is 30.4 Å². The van der Waals surface area contributed by atoms with Gasteiger partial charge in [-0.15, -0.1) is 11.3 Å². The van der Waals surface area contributed by atoms with Crippen molar-refractivity contribution < 1.29 is 23.8 Å². The molecule has 0 N–H and O–H groups in total. The maximum absolute atomic E-state index is 12.3. The number of ether oxygens (including phenoxy) is 3. The van der Waals surface area contributed by atoms with E-state index in [-0.39, 0.29) is 17.5 Å². The Balaban J connectivity index is 2.40. The molecule has 0 bridgehead atoms. The minimum atomic E-state index is -0.515. The third-order valence-corrected chi connectivity index (χ3v) is 4.38. The van der Waals surface area contributed by atoms with Crippen molar-refractivity contribution in [3.8, 4) is 11.5 Å². The molecule has 1 aromatic heterocycles. The summed E-state index contributed by atoms with van der Waals surface area (Å²) in [4.78, 5) is 24.3. The van der Waals surface area contributed by atoms with Crippen molar-refractivity contribution in [3.63, 3.8) is 0 Å². The van der Waals surface area contributed by atoms with Crippen LogP contribution in [0, 0.1) is 0 Å². The zero-order chi connectivity index (χ0) is 17.9. The van der Waals surface area contributed by atoms with E-state index in [1.54, 1.807) is 20.1 Å². The van der Waals surface area contributed by atoms with E-state index in [0.29, 0.717) is 16.4 Å². The molecule has 0 aliphatic rings. The zero-order valence-electron chi connectivity index (χ0n) is 14.3. The van der Waals surface area contributed by atoms with Gasteiger partial charge in [0.1, 0.15) is 0 Å². The molecule has 0 atom stereocenters. The lowest BCUT2D eigenvalue weighted by Gasteiger charge is -2.13. The van der Waals surface area contributed by atoms with E-state index in [0.717, 1.165) is 10.1 Å². The Labute approximate surface area is 144 Å². The van der Waals surface area contributed by atoms with E-state index in [9.17, 15) is 9.59 Å². The van der Waals surface area contributed by atoms with Crippen molar-refractivity contribution in [1.82, 2.24) is 0 Å². The Morgan fingerprint density at radius 2 is 1.83 bits per heavy atom. The number of carbonyl (C=O) groups excluding carboxylic acids is 2. The Bertz CT molecular complexity index is 801. The summed E-state index contributed by atoms with van der Waals surface area (Å²) in [5.74, 6) is 0.513. The van der Waals surface area contributed by atoms with Crippen LogP contribution >= 0.6 is 11.3 Å². The topological polar surface area (TPSA) is 61.8 Å². The summed E-state index contributed by atoms with van der Waals surface area (Å²) >= 11 is 1.34. The molecule has 2 aromatic rings. The Kier molecular flexibility index (Phi) is 5.62. The highest BCUT2D eigenvalue weighted by molar-refractivity contribution is 7.21. The van der Waals surface area contributed by atoms with E-state index in [1.807, 2.05) is 26.0 Å². The van der Waals surface area contributed by atoms with Crippen molar-refractivity contribution in [1.29, 1.82) is 0 Å². The first kappa shape index (κ1) is 18.0. The molecule has 0 saturated carbocycles. The van der Waals surface area contributed by atoms with Gasteiger partial charge in [0.2, 0.25) is 0 Å². The number of fused-ring (bicyclic) bond motifs is 1. The predicted molar refractivity (Wildman–Crippen MR) is 94.2 cm³/mol. The number of ketones is 1. The monoisotopic (exact) mass is 348 g/mol. The average molecular weight is 348 g/mol. The van der Waals surface area contributed by atoms with Gasteiger partial charge in [-0.2, -0.15) is 0 Å². The van der Waals surface area contributed by atoms with Crippen LogP contribution in [-0.4, -0.2) is 32.1 Å². The number of methoxy groups -OCH3 is 2. The molecule has 1 heterocycles. The molecular formula is C18H20O5S. The molecule has 24 heavy (non-hydrogen) atoms. The van der Waals surface area contributed by atoms with E-state index in [4.69, 9.17) is 9.47 Å². The van der Waals surface area contributed by atoms with Crippen molar-refractivity contribution >= 4 is 33.2 Å². The van der Waals surface area contributed by atoms with Gasteiger partial charge < -0.3 is 14.2 Å². The first-order chi connectivity index (χ1) is 11.3. The number of rotatable bonds is 6. The van der Waals surface area contributed by atoms with Gasteiger partial charge in [0.25, 0.3) is 0 Å². The highest BCUT2D eigenvalue weighted by Gasteiger charge is 2.15. The minimum absolute atomic E-state index is 0.0155. The molecule has 0 aliphatic carbocycles. The molecular weight excluding hydrogens is 328 g/mol. The largest absolute Gasteiger partial charge is 0.493 e. The summed E-state index contributed by atoms with van der Waals surface area (Å²) in [6, 6.07) is 5.50. The van der Waals surface area contributed by atoms with Crippen LogP contribution in [-0.2, 0) is 9.53 Å². The number of allylic oxidation sites excluding steroid dienone is 1. The van der Waals surface area contributed by atoms with Gasteiger partial charge in [-0.3, -0.25) is 4.79 Å². The zero-order valence-corrected chi connectivity index (χ0v) is 15.2. The first-order valence-electron chi connectivity index (χ1n) is 7.45. The van der Waals surface area contributed by atoms with Gasteiger partial charge in [0, 0.05) is 16.3 Å². The fraction of sp³-hybridized carbons (Fsp3) is 0.333. The maximum atomic E-state index is 12.3. The summed E-state index contributed by atoms with van der Waals surface area (Å²) in [7, 11) is 2.86. The summed E-state index contributed by atoms with van der Waals surface area (Å²) in [5.41, 5.74) is 0.265. The third-order valence-electron chi connectivity index (χ3n) is 3.26. The smallest absolute Gasteiger partial charge is 0.333 e. The van der Waals surface area contributed by atoms with Crippen molar-refractivity contribution in [2.75, 3.05) is 14.2 Å². The Morgan fingerprint density at radius 3 is 2.42 bits per heavy atom. The molecule has 1 aromatic carbocycles. The highest BCUT2D eigenvalue weighted by atomic mass is 32.1. The van der Waals surface area contributed by atoms with E-state index >= 15 is 0 Å². The highest BCUT2D eigenvalue weighted by Crippen LogP contribution is 2.37. The molecule has 0 unspecified atom stereocenters. The number of esters is 1. The molecule has 2 rings (SSSR count). The van der Waals surface area contributed by atoms with Crippen LogP contribution in [0.5, 0.6) is 11.5 Å². The van der Waals surface area contributed by atoms with Crippen molar-refractivity contribution in [3.05, 3.63) is 34.7 Å². The second-order valence-corrected chi connectivity index (χ2v) is 6.59. The van der Waals surface area contributed by atoms with Crippen molar-refractivity contribution in [2.24, 2.45) is 0 Å². The van der Waals surface area contributed by atoms with Crippen LogP contribution < -0.4 is 9.47 Å². The molecule has 128 valence electrons. The summed E-state index contributed by atoms with van der Waals surface area (Å²) in [6.07, 6.45) is 1.31. The van der Waals surface area contributed by atoms with Gasteiger partial charge in [-0.1, -0.05) is 0 Å². The van der Waals surface area contributed by atoms with Gasteiger partial charge in [0.15, 0.2) is 17.3 Å². The predicted octanol–water partition coefficient (Wildman–Crippen LogP) is 4.00. The fourth-order valence-electron chi connectivity index (χ4n) is 2.16. The van der Waals surface area contributed by atoms with E-state index in [2.05, 4.69) is 4.74 Å².